The molecule has 3 N–H and O–H groups in total. The summed E-state index contributed by atoms with van der Waals surface area (Å²) in [6, 6.07) is 3.31. The molecule has 0 saturated carbocycles. The van der Waals surface area contributed by atoms with Crippen LogP contribution in [0, 0.1) is 31.0 Å². The zero-order valence-electron chi connectivity index (χ0n) is 15.8. The number of carbonyl (C=O) groups excluding carboxylic acids is 1. The Balaban J connectivity index is 1.88. The molecule has 0 aliphatic rings. The highest BCUT2D eigenvalue weighted by Crippen LogP contribution is 2.20. The van der Waals surface area contributed by atoms with E-state index in [1.807, 2.05) is 0 Å². The number of hydrogen-bond acceptors (Lipinski definition) is 6. The Morgan fingerprint density at radius 1 is 1.41 bits per heavy atom. The average Bonchev–Trinajstić information content (AvgIpc) is 2.69. The molecule has 3 rings (SSSR count). The van der Waals surface area contributed by atoms with Gasteiger partial charge in [0.25, 0.3) is 5.56 Å². The van der Waals surface area contributed by atoms with Crippen molar-refractivity contribution in [3.8, 4) is 6.07 Å². The third-order valence-electron chi connectivity index (χ3n) is 4.67. The van der Waals surface area contributed by atoms with Crippen molar-refractivity contribution in [1.82, 2.24) is 20.3 Å². The van der Waals surface area contributed by atoms with Gasteiger partial charge in [-0.1, -0.05) is 0 Å². The number of fused-ring (bicyclic) bond motifs is 1. The first-order chi connectivity index (χ1) is 13.8. The monoisotopic (exact) mass is 395 g/mol. The highest BCUT2D eigenvalue weighted by molar-refractivity contribution is 5.87. The summed E-state index contributed by atoms with van der Waals surface area (Å²) in [5.41, 5.74) is 1.67. The maximum absolute atomic E-state index is 14.2. The minimum Gasteiger partial charge on any atom is -0.394 e. The normalized spacial score (nSPS) is 11.8. The number of rotatable bonds is 5. The van der Waals surface area contributed by atoms with Crippen LogP contribution in [0.5, 0.6) is 0 Å². The van der Waals surface area contributed by atoms with Gasteiger partial charge in [-0.05, 0) is 31.5 Å². The fraction of sp³-hybridized carbons (Fsp3) is 0.250. The van der Waals surface area contributed by atoms with Gasteiger partial charge in [-0.2, -0.15) is 5.26 Å². The molecule has 0 fully saturated rings. The summed E-state index contributed by atoms with van der Waals surface area (Å²) in [6.07, 6.45) is 2.48. The number of H-pyrrole nitrogens is 1. The molecular weight excluding hydrogens is 377 g/mol. The maximum atomic E-state index is 14.2. The minimum absolute atomic E-state index is 0.0246. The quantitative estimate of drug-likeness (QED) is 0.597. The first-order valence-electron chi connectivity index (χ1n) is 8.78. The smallest absolute Gasteiger partial charge is 0.252 e. The standard InChI is InChI=1S/C20H18FN5O3/c1-10-13(20(29)26-15-3-4-23-11(2)18(10)15)6-17(28)25-16(9-27)19-14(21)5-12(7-22)8-24-19/h3-5,8,16,27H,6,9H2,1-2H3,(H,25,28)(H,26,29)/t16-/m1/s1. The number of aromatic nitrogens is 3. The topological polar surface area (TPSA) is 132 Å². The van der Waals surface area contributed by atoms with E-state index in [0.29, 0.717) is 11.1 Å². The molecule has 3 aromatic heterocycles. The number of nitrogens with zero attached hydrogens (tertiary/aromatic N) is 3. The van der Waals surface area contributed by atoms with Crippen molar-refractivity contribution in [2.75, 3.05) is 6.61 Å². The zero-order chi connectivity index (χ0) is 21.1. The third kappa shape index (κ3) is 3.97. The molecule has 0 radical (unpaired) electrons. The van der Waals surface area contributed by atoms with E-state index in [4.69, 9.17) is 5.26 Å². The van der Waals surface area contributed by atoms with Crippen molar-refractivity contribution < 1.29 is 14.3 Å². The minimum atomic E-state index is -1.11. The largest absolute Gasteiger partial charge is 0.394 e. The van der Waals surface area contributed by atoms with Crippen LogP contribution in [0.3, 0.4) is 0 Å². The van der Waals surface area contributed by atoms with Crippen LogP contribution in [0.2, 0.25) is 0 Å². The summed E-state index contributed by atoms with van der Waals surface area (Å²) in [5, 5.41) is 21.6. The number of hydrogen-bond donors (Lipinski definition) is 3. The number of pyridine rings is 3. The Labute approximate surface area is 165 Å². The number of nitrogens with one attached hydrogen (secondary N) is 2. The number of amides is 1. The Hall–Kier alpha value is -3.64. The van der Waals surface area contributed by atoms with Crippen LogP contribution >= 0.6 is 0 Å². The van der Waals surface area contributed by atoms with Crippen LogP contribution < -0.4 is 10.9 Å². The Morgan fingerprint density at radius 2 is 2.17 bits per heavy atom. The number of nitriles is 1. The SMILES string of the molecule is Cc1nccc2[nH]c(=O)c(CC(=O)N[C@H](CO)c3ncc(C#N)cc3F)c(C)c12. The van der Waals surface area contributed by atoms with E-state index in [9.17, 15) is 19.1 Å². The van der Waals surface area contributed by atoms with Gasteiger partial charge in [0.2, 0.25) is 5.91 Å². The molecule has 0 aromatic carbocycles. The molecule has 3 aromatic rings. The Morgan fingerprint density at radius 3 is 2.83 bits per heavy atom. The summed E-state index contributed by atoms with van der Waals surface area (Å²) in [7, 11) is 0. The Bertz CT molecular complexity index is 1200. The van der Waals surface area contributed by atoms with Gasteiger partial charge in [0, 0.05) is 29.0 Å². The number of aliphatic hydroxyl groups is 1. The highest BCUT2D eigenvalue weighted by atomic mass is 19.1. The number of halogens is 1. The highest BCUT2D eigenvalue weighted by Gasteiger charge is 2.21. The summed E-state index contributed by atoms with van der Waals surface area (Å²) in [4.78, 5) is 35.7. The predicted octanol–water partition coefficient (Wildman–Crippen LogP) is 1.34. The fourth-order valence-corrected chi connectivity index (χ4v) is 3.25. The van der Waals surface area contributed by atoms with E-state index in [1.54, 1.807) is 32.2 Å². The molecule has 1 atom stereocenters. The molecule has 3 heterocycles. The van der Waals surface area contributed by atoms with Gasteiger partial charge in [-0.25, -0.2) is 4.39 Å². The lowest BCUT2D eigenvalue weighted by atomic mass is 10.0. The summed E-state index contributed by atoms with van der Waals surface area (Å²) >= 11 is 0. The summed E-state index contributed by atoms with van der Waals surface area (Å²) in [5.74, 6) is -1.39. The lowest BCUT2D eigenvalue weighted by Gasteiger charge is -2.17. The van der Waals surface area contributed by atoms with E-state index in [1.165, 1.54) is 0 Å². The number of carbonyl (C=O) groups is 1. The average molecular weight is 395 g/mol. The molecule has 8 nitrogen and oxygen atoms in total. The third-order valence-corrected chi connectivity index (χ3v) is 4.67. The van der Waals surface area contributed by atoms with E-state index in [0.717, 1.165) is 23.3 Å². The van der Waals surface area contributed by atoms with Crippen LogP contribution in [-0.4, -0.2) is 32.6 Å². The number of aliphatic hydroxyl groups excluding tert-OH is 1. The predicted molar refractivity (Wildman–Crippen MR) is 102 cm³/mol. The van der Waals surface area contributed by atoms with Gasteiger partial charge in [-0.3, -0.25) is 19.6 Å². The zero-order valence-corrected chi connectivity index (χ0v) is 15.8. The van der Waals surface area contributed by atoms with Crippen molar-refractivity contribution in [3.63, 3.8) is 0 Å². The molecule has 0 bridgehead atoms. The van der Waals surface area contributed by atoms with Gasteiger partial charge in [0.15, 0.2) is 0 Å². The van der Waals surface area contributed by atoms with E-state index >= 15 is 0 Å². The Kier molecular flexibility index (Phi) is 5.66. The molecule has 0 aliphatic carbocycles. The molecule has 0 spiro atoms. The van der Waals surface area contributed by atoms with E-state index in [2.05, 4.69) is 20.3 Å². The second kappa shape index (κ2) is 8.16. The molecule has 0 aliphatic heterocycles. The molecule has 9 heteroatoms. The lowest BCUT2D eigenvalue weighted by molar-refractivity contribution is -0.121. The first-order valence-corrected chi connectivity index (χ1v) is 8.78. The second-order valence-corrected chi connectivity index (χ2v) is 6.56. The molecule has 1 amide bonds. The lowest BCUT2D eigenvalue weighted by Crippen LogP contribution is -2.34. The van der Waals surface area contributed by atoms with Crippen molar-refractivity contribution in [3.05, 3.63) is 68.8 Å². The van der Waals surface area contributed by atoms with Crippen molar-refractivity contribution in [2.24, 2.45) is 0 Å². The van der Waals surface area contributed by atoms with Crippen LogP contribution in [-0.2, 0) is 11.2 Å². The van der Waals surface area contributed by atoms with Gasteiger partial charge >= 0.3 is 0 Å². The number of aromatic amines is 1. The van der Waals surface area contributed by atoms with Gasteiger partial charge < -0.3 is 15.4 Å². The molecule has 0 saturated heterocycles. The first kappa shape index (κ1) is 20.1. The van der Waals surface area contributed by atoms with Gasteiger partial charge in [0.05, 0.1) is 30.1 Å². The van der Waals surface area contributed by atoms with E-state index in [-0.39, 0.29) is 23.2 Å². The second-order valence-electron chi connectivity index (χ2n) is 6.56. The van der Waals surface area contributed by atoms with Gasteiger partial charge in [0.1, 0.15) is 17.6 Å². The summed E-state index contributed by atoms with van der Waals surface area (Å²) in [6.45, 7) is 2.94. The van der Waals surface area contributed by atoms with Crippen molar-refractivity contribution in [2.45, 2.75) is 26.3 Å². The molecular formula is C20H18FN5O3. The van der Waals surface area contributed by atoms with Crippen molar-refractivity contribution >= 4 is 16.8 Å². The van der Waals surface area contributed by atoms with Crippen LogP contribution in [0.15, 0.2) is 29.3 Å². The molecule has 0 unspecified atom stereocenters. The van der Waals surface area contributed by atoms with Crippen LogP contribution in [0.1, 0.15) is 34.1 Å². The molecule has 29 heavy (non-hydrogen) atoms. The maximum Gasteiger partial charge on any atom is 0.252 e. The van der Waals surface area contributed by atoms with Crippen molar-refractivity contribution in [1.29, 1.82) is 5.26 Å². The van der Waals surface area contributed by atoms with Crippen LogP contribution in [0.25, 0.3) is 10.9 Å². The van der Waals surface area contributed by atoms with Crippen LogP contribution in [0.4, 0.5) is 4.39 Å². The number of aryl methyl sites for hydroxylation is 2. The summed E-state index contributed by atoms with van der Waals surface area (Å²) < 4.78 is 14.2. The fourth-order valence-electron chi connectivity index (χ4n) is 3.25. The molecule has 148 valence electrons. The van der Waals surface area contributed by atoms with E-state index < -0.39 is 29.9 Å². The van der Waals surface area contributed by atoms with Gasteiger partial charge in [-0.15, -0.1) is 0 Å².